The third-order valence-electron chi connectivity index (χ3n) is 3.13. The number of aliphatic hydroxyl groups excluding tert-OH is 1. The monoisotopic (exact) mass is 215 g/mol. The fourth-order valence-corrected chi connectivity index (χ4v) is 2.01. The van der Waals surface area contributed by atoms with Crippen LogP contribution in [0, 0.1) is 5.92 Å². The molecule has 0 saturated carbocycles. The van der Waals surface area contributed by atoms with E-state index in [4.69, 9.17) is 11.5 Å². The molecule has 0 aliphatic carbocycles. The molecule has 88 valence electrons. The summed E-state index contributed by atoms with van der Waals surface area (Å²) in [6, 6.07) is 0.391. The van der Waals surface area contributed by atoms with Gasteiger partial charge in [0, 0.05) is 25.7 Å². The van der Waals surface area contributed by atoms with E-state index in [0.717, 1.165) is 12.8 Å². The molecule has 0 radical (unpaired) electrons. The van der Waals surface area contributed by atoms with E-state index in [0.29, 0.717) is 19.1 Å². The van der Waals surface area contributed by atoms with Gasteiger partial charge in [0.05, 0.1) is 12.0 Å². The molecule has 1 saturated heterocycles. The van der Waals surface area contributed by atoms with Crippen LogP contribution in [0.25, 0.3) is 0 Å². The maximum atomic E-state index is 11.1. The van der Waals surface area contributed by atoms with Gasteiger partial charge in [-0.1, -0.05) is 0 Å². The summed E-state index contributed by atoms with van der Waals surface area (Å²) in [6.45, 7) is 3.53. The molecule has 1 amide bonds. The molecular formula is C10H21N3O2. The lowest BCUT2D eigenvalue weighted by Crippen LogP contribution is -2.49. The zero-order valence-electron chi connectivity index (χ0n) is 9.22. The van der Waals surface area contributed by atoms with Crippen LogP contribution in [0.1, 0.15) is 19.8 Å². The minimum absolute atomic E-state index is 0.0776. The second-order valence-corrected chi connectivity index (χ2v) is 4.37. The lowest BCUT2D eigenvalue weighted by Gasteiger charge is -2.37. The summed E-state index contributed by atoms with van der Waals surface area (Å²) in [5.74, 6) is -0.319. The SMILES string of the molecule is CC1CCC(C(N)=O)CN1CC(O)CN. The zero-order chi connectivity index (χ0) is 11.4. The number of carbonyl (C=O) groups is 1. The van der Waals surface area contributed by atoms with Crippen LogP contribution in [-0.2, 0) is 4.79 Å². The number of amides is 1. The molecule has 5 N–H and O–H groups in total. The van der Waals surface area contributed by atoms with Gasteiger partial charge >= 0.3 is 0 Å². The van der Waals surface area contributed by atoms with E-state index in [1.54, 1.807) is 0 Å². The minimum Gasteiger partial charge on any atom is -0.390 e. The average Bonchev–Trinajstić information content (AvgIpc) is 2.20. The molecular weight excluding hydrogens is 194 g/mol. The molecule has 5 heteroatoms. The normalized spacial score (nSPS) is 30.1. The van der Waals surface area contributed by atoms with Gasteiger partial charge in [-0.15, -0.1) is 0 Å². The molecule has 3 atom stereocenters. The summed E-state index contributed by atoms with van der Waals surface area (Å²) >= 11 is 0. The first kappa shape index (κ1) is 12.4. The Morgan fingerprint density at radius 1 is 1.60 bits per heavy atom. The van der Waals surface area contributed by atoms with Gasteiger partial charge in [0.1, 0.15) is 0 Å². The van der Waals surface area contributed by atoms with Crippen molar-refractivity contribution in [3.05, 3.63) is 0 Å². The summed E-state index contributed by atoms with van der Waals surface area (Å²) in [5, 5.41) is 9.47. The maximum absolute atomic E-state index is 11.1. The van der Waals surface area contributed by atoms with Gasteiger partial charge in [0.15, 0.2) is 0 Å². The van der Waals surface area contributed by atoms with E-state index in [1.165, 1.54) is 0 Å². The first-order valence-electron chi connectivity index (χ1n) is 5.46. The van der Waals surface area contributed by atoms with Gasteiger partial charge < -0.3 is 16.6 Å². The Balaban J connectivity index is 2.49. The van der Waals surface area contributed by atoms with Crippen LogP contribution in [0.5, 0.6) is 0 Å². The van der Waals surface area contributed by atoms with E-state index in [2.05, 4.69) is 11.8 Å². The number of piperidine rings is 1. The molecule has 1 aliphatic rings. The first-order valence-corrected chi connectivity index (χ1v) is 5.46. The lowest BCUT2D eigenvalue weighted by molar-refractivity contribution is -0.124. The van der Waals surface area contributed by atoms with E-state index in [9.17, 15) is 9.90 Å². The van der Waals surface area contributed by atoms with Gasteiger partial charge in [-0.05, 0) is 19.8 Å². The summed E-state index contributed by atoms with van der Waals surface area (Å²) < 4.78 is 0. The van der Waals surface area contributed by atoms with Crippen LogP contribution >= 0.6 is 0 Å². The molecule has 1 fully saturated rings. The van der Waals surface area contributed by atoms with E-state index in [-0.39, 0.29) is 18.4 Å². The maximum Gasteiger partial charge on any atom is 0.221 e. The van der Waals surface area contributed by atoms with Gasteiger partial charge in [-0.2, -0.15) is 0 Å². The smallest absolute Gasteiger partial charge is 0.221 e. The number of rotatable bonds is 4. The van der Waals surface area contributed by atoms with Crippen molar-refractivity contribution in [3.63, 3.8) is 0 Å². The number of primary amides is 1. The summed E-state index contributed by atoms with van der Waals surface area (Å²) in [7, 11) is 0. The van der Waals surface area contributed by atoms with Crippen LogP contribution < -0.4 is 11.5 Å². The van der Waals surface area contributed by atoms with Crippen molar-refractivity contribution in [2.45, 2.75) is 31.9 Å². The number of aliphatic hydroxyl groups is 1. The van der Waals surface area contributed by atoms with Crippen molar-refractivity contribution < 1.29 is 9.90 Å². The Morgan fingerprint density at radius 2 is 2.27 bits per heavy atom. The van der Waals surface area contributed by atoms with Crippen LogP contribution in [0.4, 0.5) is 0 Å². The average molecular weight is 215 g/mol. The number of nitrogens with zero attached hydrogens (tertiary/aromatic N) is 1. The molecule has 1 heterocycles. The van der Waals surface area contributed by atoms with Gasteiger partial charge in [-0.3, -0.25) is 9.69 Å². The lowest BCUT2D eigenvalue weighted by atomic mass is 9.92. The van der Waals surface area contributed by atoms with Crippen molar-refractivity contribution in [3.8, 4) is 0 Å². The second-order valence-electron chi connectivity index (χ2n) is 4.37. The van der Waals surface area contributed by atoms with E-state index >= 15 is 0 Å². The van der Waals surface area contributed by atoms with Crippen molar-refractivity contribution >= 4 is 5.91 Å². The van der Waals surface area contributed by atoms with Gasteiger partial charge in [-0.25, -0.2) is 0 Å². The number of nitrogens with two attached hydrogens (primary N) is 2. The third-order valence-corrected chi connectivity index (χ3v) is 3.13. The number of carbonyl (C=O) groups excluding carboxylic acids is 1. The number of hydrogen-bond acceptors (Lipinski definition) is 4. The van der Waals surface area contributed by atoms with E-state index in [1.807, 2.05) is 0 Å². The minimum atomic E-state index is -0.515. The van der Waals surface area contributed by atoms with E-state index < -0.39 is 6.10 Å². The Labute approximate surface area is 90.4 Å². The zero-order valence-corrected chi connectivity index (χ0v) is 9.22. The summed E-state index contributed by atoms with van der Waals surface area (Å²) in [6.07, 6.45) is 1.29. The van der Waals surface area contributed by atoms with Crippen LogP contribution in [0.15, 0.2) is 0 Å². The van der Waals surface area contributed by atoms with Crippen molar-refractivity contribution in [1.82, 2.24) is 4.90 Å². The summed E-state index contributed by atoms with van der Waals surface area (Å²) in [5.41, 5.74) is 10.6. The highest BCUT2D eigenvalue weighted by Crippen LogP contribution is 2.21. The Morgan fingerprint density at radius 3 is 2.80 bits per heavy atom. The van der Waals surface area contributed by atoms with Crippen molar-refractivity contribution in [2.75, 3.05) is 19.6 Å². The molecule has 1 aliphatic heterocycles. The molecule has 0 aromatic heterocycles. The van der Waals surface area contributed by atoms with Crippen LogP contribution in [0.2, 0.25) is 0 Å². The standard InChI is InChI=1S/C10H21N3O2/c1-7-2-3-8(10(12)15)5-13(7)6-9(14)4-11/h7-9,14H,2-6,11H2,1H3,(H2,12,15). The van der Waals surface area contributed by atoms with Crippen LogP contribution in [-0.4, -0.2) is 47.7 Å². The number of hydrogen-bond donors (Lipinski definition) is 3. The molecule has 3 unspecified atom stereocenters. The highest BCUT2D eigenvalue weighted by Gasteiger charge is 2.29. The number of likely N-dealkylation sites (tertiary alicyclic amines) is 1. The molecule has 0 aromatic carbocycles. The fourth-order valence-electron chi connectivity index (χ4n) is 2.01. The molecule has 0 aromatic rings. The molecule has 5 nitrogen and oxygen atoms in total. The quantitative estimate of drug-likeness (QED) is 0.554. The Bertz CT molecular complexity index is 223. The van der Waals surface area contributed by atoms with Gasteiger partial charge in [0.2, 0.25) is 5.91 Å². The van der Waals surface area contributed by atoms with Crippen molar-refractivity contribution in [2.24, 2.45) is 17.4 Å². The predicted octanol–water partition coefficient (Wildman–Crippen LogP) is -1.11. The largest absolute Gasteiger partial charge is 0.390 e. The first-order chi connectivity index (χ1) is 7.04. The molecule has 15 heavy (non-hydrogen) atoms. The topological polar surface area (TPSA) is 92.6 Å². The number of β-amino-alcohol motifs (C(OH)–C–C–N with tert-alkyl or cyclic N) is 1. The second kappa shape index (κ2) is 5.44. The third kappa shape index (κ3) is 3.44. The molecule has 0 bridgehead atoms. The molecule has 1 rings (SSSR count). The van der Waals surface area contributed by atoms with Crippen molar-refractivity contribution in [1.29, 1.82) is 0 Å². The highest BCUT2D eigenvalue weighted by molar-refractivity contribution is 5.76. The molecule has 0 spiro atoms. The predicted molar refractivity (Wildman–Crippen MR) is 58.0 cm³/mol. The van der Waals surface area contributed by atoms with Crippen LogP contribution in [0.3, 0.4) is 0 Å². The summed E-state index contributed by atoms with van der Waals surface area (Å²) in [4.78, 5) is 13.2. The fraction of sp³-hybridized carbons (Fsp3) is 0.900. The Hall–Kier alpha value is -0.650. The Kier molecular flexibility index (Phi) is 4.50. The van der Waals surface area contributed by atoms with Gasteiger partial charge in [0.25, 0.3) is 0 Å². The highest BCUT2D eigenvalue weighted by atomic mass is 16.3.